The summed E-state index contributed by atoms with van der Waals surface area (Å²) < 4.78 is 105. The zero-order valence-electron chi connectivity index (χ0n) is 16.8. The molecule has 0 saturated carbocycles. The largest absolute Gasteiger partial charge is 0.416 e. The molecular weight excluding hydrogens is 528 g/mol. The molecule has 0 radical (unpaired) electrons. The van der Waals surface area contributed by atoms with Crippen LogP contribution in [0.15, 0.2) is 46.2 Å². The van der Waals surface area contributed by atoms with E-state index >= 15 is 0 Å². The van der Waals surface area contributed by atoms with E-state index in [0.717, 1.165) is 12.1 Å². The maximum atomic E-state index is 14.0. The van der Waals surface area contributed by atoms with E-state index in [-0.39, 0.29) is 0 Å². The molecule has 8 nitrogen and oxygen atoms in total. The Labute approximate surface area is 196 Å². The molecule has 0 amide bonds. The molecule has 2 atom stereocenters. The monoisotopic (exact) mass is 542 g/mol. The minimum Gasteiger partial charge on any atom is -0.393 e. The Kier molecular flexibility index (Phi) is 6.77. The Morgan fingerprint density at radius 1 is 1.18 bits per heavy atom. The molecule has 0 bridgehead atoms. The maximum Gasteiger partial charge on any atom is 0.416 e. The molecule has 184 valence electrons. The van der Waals surface area contributed by atoms with E-state index in [9.17, 15) is 44.6 Å². The maximum absolute atomic E-state index is 14.0. The molecule has 2 aromatic rings. The van der Waals surface area contributed by atoms with Crippen LogP contribution in [0.2, 0.25) is 5.02 Å². The zero-order valence-corrected chi connectivity index (χ0v) is 19.2. The lowest BCUT2D eigenvalue weighted by Crippen LogP contribution is -2.49. The summed E-state index contributed by atoms with van der Waals surface area (Å²) in [5.41, 5.74) is -4.20. The lowest BCUT2D eigenvalue weighted by molar-refractivity contribution is -0.137. The first kappa shape index (κ1) is 26.3. The van der Waals surface area contributed by atoms with Crippen LogP contribution in [0.5, 0.6) is 0 Å². The summed E-state index contributed by atoms with van der Waals surface area (Å²) in [6, 6.07) is 5.25. The van der Waals surface area contributed by atoms with E-state index in [1.54, 1.807) is 0 Å². The normalized spacial score (nSPS) is 22.0. The zero-order chi connectivity index (χ0) is 25.7. The van der Waals surface area contributed by atoms with Crippen molar-refractivity contribution in [3.8, 4) is 6.07 Å². The number of nitriles is 1. The standard InChI is InChI=1S/C19H15ClF4N2O6S2/c20-14-5-12(19(22,23)24)2-4-16(14)34(31,32)26-8-17(18(28,9-26)10-27)33(29,30)13-3-1-11(7-25)15(21)6-13/h1-6,17,27-28H,8-10H2/t17?,18-/m1/s1. The van der Waals surface area contributed by atoms with Crippen LogP contribution < -0.4 is 0 Å². The molecule has 0 aliphatic carbocycles. The first-order chi connectivity index (χ1) is 15.6. The van der Waals surface area contributed by atoms with E-state index in [4.69, 9.17) is 16.9 Å². The van der Waals surface area contributed by atoms with Crippen molar-refractivity contribution in [2.45, 2.75) is 26.8 Å². The minimum absolute atomic E-state index is 0.385. The van der Waals surface area contributed by atoms with Crippen LogP contribution in [0.25, 0.3) is 0 Å². The number of sulfone groups is 1. The summed E-state index contributed by atoms with van der Waals surface area (Å²) in [5.74, 6) is -1.17. The average molecular weight is 543 g/mol. The third-order valence-corrected chi connectivity index (χ3v) is 9.88. The number of alkyl halides is 3. The van der Waals surface area contributed by atoms with Gasteiger partial charge in [-0.3, -0.25) is 0 Å². The summed E-state index contributed by atoms with van der Waals surface area (Å²) in [7, 11) is -9.39. The topological polar surface area (TPSA) is 136 Å². The molecule has 1 fully saturated rings. The van der Waals surface area contributed by atoms with Gasteiger partial charge < -0.3 is 10.2 Å². The highest BCUT2D eigenvalue weighted by Gasteiger charge is 2.55. The second-order valence-electron chi connectivity index (χ2n) is 7.49. The quantitative estimate of drug-likeness (QED) is 0.551. The van der Waals surface area contributed by atoms with Gasteiger partial charge in [-0.15, -0.1) is 0 Å². The van der Waals surface area contributed by atoms with E-state index in [0.29, 0.717) is 28.6 Å². The van der Waals surface area contributed by atoms with E-state index in [2.05, 4.69) is 0 Å². The summed E-state index contributed by atoms with van der Waals surface area (Å²) >= 11 is 5.77. The fraction of sp³-hybridized carbons (Fsp3) is 0.316. The first-order valence-electron chi connectivity index (χ1n) is 9.21. The number of rotatable bonds is 5. The van der Waals surface area contributed by atoms with Gasteiger partial charge in [0.15, 0.2) is 9.84 Å². The van der Waals surface area contributed by atoms with Gasteiger partial charge in [0.1, 0.15) is 27.6 Å². The summed E-state index contributed by atoms with van der Waals surface area (Å²) in [6.45, 7) is -3.06. The van der Waals surface area contributed by atoms with Crippen LogP contribution in [-0.2, 0) is 26.0 Å². The van der Waals surface area contributed by atoms with Crippen LogP contribution in [0.1, 0.15) is 11.1 Å². The second kappa shape index (κ2) is 8.74. The molecule has 2 aromatic carbocycles. The average Bonchev–Trinajstić information content (AvgIpc) is 3.12. The predicted octanol–water partition coefficient (Wildman–Crippen LogP) is 1.94. The van der Waals surface area contributed by atoms with Crippen LogP contribution in [0.4, 0.5) is 17.6 Å². The number of benzene rings is 2. The van der Waals surface area contributed by atoms with Gasteiger partial charge >= 0.3 is 6.18 Å². The van der Waals surface area contributed by atoms with Gasteiger partial charge in [-0.05, 0) is 36.4 Å². The first-order valence-corrected chi connectivity index (χ1v) is 12.6. The van der Waals surface area contributed by atoms with Gasteiger partial charge in [0, 0.05) is 13.1 Å². The van der Waals surface area contributed by atoms with Crippen LogP contribution >= 0.6 is 11.6 Å². The highest BCUT2D eigenvalue weighted by atomic mass is 35.5. The van der Waals surface area contributed by atoms with Gasteiger partial charge in [-0.25, -0.2) is 21.2 Å². The van der Waals surface area contributed by atoms with Gasteiger partial charge in [0.2, 0.25) is 10.0 Å². The fourth-order valence-electron chi connectivity index (χ4n) is 3.50. The van der Waals surface area contributed by atoms with Crippen molar-refractivity contribution < 1.29 is 44.6 Å². The Morgan fingerprint density at radius 3 is 2.32 bits per heavy atom. The number of halogens is 5. The summed E-state index contributed by atoms with van der Waals surface area (Å²) in [4.78, 5) is -1.45. The Hall–Kier alpha value is -2.28. The summed E-state index contributed by atoms with van der Waals surface area (Å²) in [6.07, 6.45) is -4.80. The highest BCUT2D eigenvalue weighted by Crippen LogP contribution is 2.38. The number of hydrogen-bond donors (Lipinski definition) is 2. The van der Waals surface area contributed by atoms with Crippen LogP contribution in [-0.4, -0.2) is 61.9 Å². The minimum atomic E-state index is -4.80. The molecule has 2 N–H and O–H groups in total. The molecule has 1 aliphatic heterocycles. The molecule has 15 heteroatoms. The van der Waals surface area contributed by atoms with Crippen molar-refractivity contribution in [2.24, 2.45) is 0 Å². The number of sulfonamides is 1. The molecule has 1 saturated heterocycles. The number of nitrogens with zero attached hydrogens (tertiary/aromatic N) is 2. The third-order valence-electron chi connectivity index (χ3n) is 5.33. The smallest absolute Gasteiger partial charge is 0.393 e. The van der Waals surface area contributed by atoms with Gasteiger partial charge in [0.25, 0.3) is 0 Å². The van der Waals surface area contributed by atoms with E-state index < -0.39 is 88.3 Å². The molecule has 0 spiro atoms. The molecule has 1 aliphatic rings. The molecule has 0 aromatic heterocycles. The predicted molar refractivity (Wildman–Crippen MR) is 109 cm³/mol. The van der Waals surface area contributed by atoms with Crippen molar-refractivity contribution in [3.05, 3.63) is 58.4 Å². The van der Waals surface area contributed by atoms with Gasteiger partial charge in [-0.1, -0.05) is 11.6 Å². The highest BCUT2D eigenvalue weighted by molar-refractivity contribution is 7.92. The number of β-amino-alcohol motifs (C(OH)–C–C–N with tert-alkyl or cyclic N) is 1. The van der Waals surface area contributed by atoms with Gasteiger partial charge in [0.05, 0.1) is 27.7 Å². The lowest BCUT2D eigenvalue weighted by atomic mass is 10.1. The Morgan fingerprint density at radius 2 is 1.82 bits per heavy atom. The number of aliphatic hydroxyl groups is 2. The van der Waals surface area contributed by atoms with Crippen LogP contribution in [0.3, 0.4) is 0 Å². The summed E-state index contributed by atoms with van der Waals surface area (Å²) in [5, 5.41) is 26.5. The SMILES string of the molecule is N#Cc1ccc(S(=O)(=O)C2CN(S(=O)(=O)c3ccc(C(F)(F)F)cc3Cl)C[C@@]2(O)CO)cc1F. The second-order valence-corrected chi connectivity index (χ2v) is 11.9. The van der Waals surface area contributed by atoms with Crippen molar-refractivity contribution in [1.82, 2.24) is 4.31 Å². The molecule has 1 unspecified atom stereocenters. The van der Waals surface area contributed by atoms with Crippen LogP contribution in [0, 0.1) is 17.1 Å². The van der Waals surface area contributed by atoms with Gasteiger partial charge in [-0.2, -0.15) is 22.7 Å². The molecular formula is C19H15ClF4N2O6S2. The van der Waals surface area contributed by atoms with Crippen molar-refractivity contribution in [3.63, 3.8) is 0 Å². The fourth-order valence-corrected chi connectivity index (χ4v) is 7.59. The lowest BCUT2D eigenvalue weighted by Gasteiger charge is -2.26. The van der Waals surface area contributed by atoms with Crippen molar-refractivity contribution in [2.75, 3.05) is 19.7 Å². The van der Waals surface area contributed by atoms with E-state index in [1.165, 1.54) is 6.07 Å². The Bertz CT molecular complexity index is 1390. The molecule has 34 heavy (non-hydrogen) atoms. The third kappa shape index (κ3) is 4.51. The van der Waals surface area contributed by atoms with Crippen molar-refractivity contribution in [1.29, 1.82) is 5.26 Å². The number of hydrogen-bond acceptors (Lipinski definition) is 7. The molecule has 1 heterocycles. The van der Waals surface area contributed by atoms with E-state index in [1.807, 2.05) is 0 Å². The molecule has 3 rings (SSSR count). The Balaban J connectivity index is 2.03. The number of aliphatic hydroxyl groups excluding tert-OH is 1. The van der Waals surface area contributed by atoms with Crippen molar-refractivity contribution >= 4 is 31.5 Å².